The summed E-state index contributed by atoms with van der Waals surface area (Å²) in [5.74, 6) is 0.370. The van der Waals surface area contributed by atoms with Crippen LogP contribution in [0, 0.1) is 0 Å². The normalized spacial score (nSPS) is 27.2. The van der Waals surface area contributed by atoms with Crippen molar-refractivity contribution in [3.8, 4) is 0 Å². The Hall–Kier alpha value is -2.88. The summed E-state index contributed by atoms with van der Waals surface area (Å²) < 4.78 is 0. The van der Waals surface area contributed by atoms with E-state index in [9.17, 15) is 0 Å². The standard InChI is InChI=1S/C30H33N3/c1-33(2)30(23-13-7-4-8-14-23)19-18-29(21-26(30)22-11-5-3-6-12-22)28-25(17-20-31-29)24-15-9-10-16-27(24)32-28/h3-16,26,31-32H,17-21H2,1-2H3. The van der Waals surface area contributed by atoms with Crippen LogP contribution in [-0.4, -0.2) is 30.5 Å². The summed E-state index contributed by atoms with van der Waals surface area (Å²) in [6, 6.07) is 31.2. The SMILES string of the molecule is CN(C)C1(c2ccccc2)CCC2(CC1c1ccccc1)NCCc1c2[nH]c2ccccc12. The molecule has 1 aromatic heterocycles. The number of nitrogens with zero attached hydrogens (tertiary/aromatic N) is 1. The van der Waals surface area contributed by atoms with Crippen LogP contribution in [0.5, 0.6) is 0 Å². The van der Waals surface area contributed by atoms with E-state index in [1.165, 1.54) is 33.3 Å². The Kier molecular flexibility index (Phi) is 4.93. The van der Waals surface area contributed by atoms with Gasteiger partial charge < -0.3 is 10.3 Å². The third-order valence-electron chi connectivity index (χ3n) is 8.47. The number of aromatic amines is 1. The van der Waals surface area contributed by atoms with Gasteiger partial charge in [-0.15, -0.1) is 0 Å². The minimum absolute atomic E-state index is 0.0264. The van der Waals surface area contributed by atoms with Gasteiger partial charge in [-0.1, -0.05) is 78.9 Å². The van der Waals surface area contributed by atoms with Crippen LogP contribution in [0.2, 0.25) is 0 Å². The number of rotatable bonds is 3. The van der Waals surface area contributed by atoms with Crippen LogP contribution in [0.3, 0.4) is 0 Å². The Bertz CT molecular complexity index is 1260. The zero-order valence-corrected chi connectivity index (χ0v) is 19.6. The number of hydrogen-bond donors (Lipinski definition) is 2. The average Bonchev–Trinajstić information content (AvgIpc) is 3.26. The topological polar surface area (TPSA) is 31.1 Å². The van der Waals surface area contributed by atoms with Gasteiger partial charge in [0, 0.05) is 29.1 Å². The van der Waals surface area contributed by atoms with Crippen molar-refractivity contribution < 1.29 is 0 Å². The second kappa shape index (κ2) is 7.86. The molecule has 3 unspecified atom stereocenters. The van der Waals surface area contributed by atoms with Gasteiger partial charge in [-0.05, 0) is 62.5 Å². The van der Waals surface area contributed by atoms with E-state index in [2.05, 4.69) is 114 Å². The second-order valence-electron chi connectivity index (χ2n) is 10.1. The summed E-state index contributed by atoms with van der Waals surface area (Å²) >= 11 is 0. The monoisotopic (exact) mass is 435 g/mol. The van der Waals surface area contributed by atoms with Crippen molar-refractivity contribution in [1.82, 2.24) is 15.2 Å². The smallest absolute Gasteiger partial charge is 0.0597 e. The molecule has 4 aromatic rings. The maximum absolute atomic E-state index is 4.03. The minimum Gasteiger partial charge on any atom is -0.357 e. The lowest BCUT2D eigenvalue weighted by Crippen LogP contribution is -2.58. The van der Waals surface area contributed by atoms with E-state index in [-0.39, 0.29) is 11.1 Å². The van der Waals surface area contributed by atoms with Gasteiger partial charge in [-0.25, -0.2) is 0 Å². The zero-order valence-electron chi connectivity index (χ0n) is 19.6. The molecule has 3 aromatic carbocycles. The van der Waals surface area contributed by atoms with Crippen LogP contribution < -0.4 is 5.32 Å². The van der Waals surface area contributed by atoms with E-state index in [4.69, 9.17) is 0 Å². The molecule has 3 nitrogen and oxygen atoms in total. The van der Waals surface area contributed by atoms with Crippen LogP contribution in [0.15, 0.2) is 84.9 Å². The molecule has 2 heterocycles. The van der Waals surface area contributed by atoms with Crippen LogP contribution in [-0.2, 0) is 17.5 Å². The second-order valence-corrected chi connectivity index (χ2v) is 10.1. The highest BCUT2D eigenvalue weighted by atomic mass is 15.2. The van der Waals surface area contributed by atoms with Crippen molar-refractivity contribution in [1.29, 1.82) is 0 Å². The maximum atomic E-state index is 4.03. The van der Waals surface area contributed by atoms with Crippen LogP contribution in [0.1, 0.15) is 47.6 Å². The lowest BCUT2D eigenvalue weighted by Gasteiger charge is -2.56. The third kappa shape index (κ3) is 3.10. The van der Waals surface area contributed by atoms with E-state index in [1.807, 2.05) is 0 Å². The molecule has 0 saturated heterocycles. The molecular formula is C30H33N3. The Morgan fingerprint density at radius 2 is 1.52 bits per heavy atom. The van der Waals surface area contributed by atoms with Gasteiger partial charge in [0.15, 0.2) is 0 Å². The van der Waals surface area contributed by atoms with Crippen molar-refractivity contribution >= 4 is 10.9 Å². The summed E-state index contributed by atoms with van der Waals surface area (Å²) in [6.07, 6.45) is 4.38. The van der Waals surface area contributed by atoms with E-state index in [1.54, 1.807) is 0 Å². The fourth-order valence-corrected chi connectivity index (χ4v) is 6.91. The highest BCUT2D eigenvalue weighted by Crippen LogP contribution is 2.56. The van der Waals surface area contributed by atoms with Crippen molar-refractivity contribution in [2.75, 3.05) is 20.6 Å². The molecule has 3 atom stereocenters. The fraction of sp³-hybridized carbons (Fsp3) is 0.333. The zero-order chi connectivity index (χ0) is 22.5. The molecule has 1 spiro atoms. The summed E-state index contributed by atoms with van der Waals surface area (Å²) in [6.45, 7) is 1.04. The number of para-hydroxylation sites is 1. The Labute approximate surface area is 196 Å². The fourth-order valence-electron chi connectivity index (χ4n) is 6.91. The van der Waals surface area contributed by atoms with E-state index < -0.39 is 0 Å². The molecule has 1 saturated carbocycles. The molecule has 0 radical (unpaired) electrons. The molecule has 33 heavy (non-hydrogen) atoms. The highest BCUT2D eigenvalue weighted by Gasteiger charge is 2.54. The number of hydrogen-bond acceptors (Lipinski definition) is 2. The summed E-state index contributed by atoms with van der Waals surface area (Å²) in [5.41, 5.74) is 7.00. The largest absolute Gasteiger partial charge is 0.357 e. The van der Waals surface area contributed by atoms with Gasteiger partial charge in [0.1, 0.15) is 0 Å². The Morgan fingerprint density at radius 3 is 2.27 bits per heavy atom. The molecule has 2 N–H and O–H groups in total. The molecule has 0 amide bonds. The first-order valence-corrected chi connectivity index (χ1v) is 12.3. The number of benzene rings is 3. The Morgan fingerprint density at radius 1 is 0.818 bits per heavy atom. The number of aromatic nitrogens is 1. The molecule has 3 heteroatoms. The van der Waals surface area contributed by atoms with E-state index >= 15 is 0 Å². The van der Waals surface area contributed by atoms with Crippen molar-refractivity contribution in [3.63, 3.8) is 0 Å². The van der Waals surface area contributed by atoms with E-state index in [0.29, 0.717) is 5.92 Å². The van der Waals surface area contributed by atoms with Gasteiger partial charge in [-0.2, -0.15) is 0 Å². The molecule has 1 aliphatic heterocycles. The predicted octanol–water partition coefficient (Wildman–Crippen LogP) is 5.93. The number of nitrogens with one attached hydrogen (secondary N) is 2. The molecule has 0 bridgehead atoms. The number of likely N-dealkylation sites (N-methyl/N-ethyl adjacent to an activating group) is 1. The van der Waals surface area contributed by atoms with Gasteiger partial charge in [0.2, 0.25) is 0 Å². The lowest BCUT2D eigenvalue weighted by atomic mass is 9.58. The first kappa shape index (κ1) is 20.7. The number of H-pyrrole nitrogens is 1. The molecule has 1 fully saturated rings. The van der Waals surface area contributed by atoms with Crippen LogP contribution in [0.4, 0.5) is 0 Å². The molecule has 168 valence electrons. The van der Waals surface area contributed by atoms with E-state index in [0.717, 1.165) is 32.2 Å². The average molecular weight is 436 g/mol. The third-order valence-corrected chi connectivity index (χ3v) is 8.47. The lowest BCUT2D eigenvalue weighted by molar-refractivity contribution is 0.0250. The first-order chi connectivity index (χ1) is 16.1. The minimum atomic E-state index is -0.0425. The quantitative estimate of drug-likeness (QED) is 0.418. The van der Waals surface area contributed by atoms with Gasteiger partial charge in [0.05, 0.1) is 11.1 Å². The van der Waals surface area contributed by atoms with Crippen molar-refractivity contribution in [3.05, 3.63) is 107 Å². The summed E-state index contributed by atoms with van der Waals surface area (Å²) in [4.78, 5) is 6.36. The van der Waals surface area contributed by atoms with Gasteiger partial charge >= 0.3 is 0 Å². The predicted molar refractivity (Wildman–Crippen MR) is 137 cm³/mol. The van der Waals surface area contributed by atoms with Crippen LogP contribution in [0.25, 0.3) is 10.9 Å². The molecular weight excluding hydrogens is 402 g/mol. The van der Waals surface area contributed by atoms with Crippen molar-refractivity contribution in [2.45, 2.75) is 42.7 Å². The first-order valence-electron chi connectivity index (χ1n) is 12.3. The maximum Gasteiger partial charge on any atom is 0.0597 e. The van der Waals surface area contributed by atoms with Crippen LogP contribution >= 0.6 is 0 Å². The Balaban J connectivity index is 1.53. The van der Waals surface area contributed by atoms with Gasteiger partial charge in [-0.3, -0.25) is 4.90 Å². The molecule has 1 aliphatic carbocycles. The summed E-state index contributed by atoms with van der Waals surface area (Å²) in [5, 5.41) is 5.43. The van der Waals surface area contributed by atoms with Crippen molar-refractivity contribution in [2.24, 2.45) is 0 Å². The molecule has 6 rings (SSSR count). The van der Waals surface area contributed by atoms with Gasteiger partial charge in [0.25, 0.3) is 0 Å². The molecule has 2 aliphatic rings. The number of fused-ring (bicyclic) bond motifs is 4. The highest BCUT2D eigenvalue weighted by molar-refractivity contribution is 5.85. The summed E-state index contributed by atoms with van der Waals surface area (Å²) in [7, 11) is 4.53.